The summed E-state index contributed by atoms with van der Waals surface area (Å²) in [7, 11) is 3.03. The Kier molecular flexibility index (Phi) is 5.45. The average molecular weight is 413 g/mol. The van der Waals surface area contributed by atoms with Gasteiger partial charge in [0, 0.05) is 32.2 Å². The molecule has 9 heteroatoms. The molecule has 0 aliphatic carbocycles. The predicted molar refractivity (Wildman–Crippen MR) is 107 cm³/mol. The first-order valence-corrected chi connectivity index (χ1v) is 9.69. The number of hydrogen-bond donors (Lipinski definition) is 0. The van der Waals surface area contributed by atoms with Crippen molar-refractivity contribution in [1.82, 2.24) is 9.80 Å². The molecule has 1 atom stereocenters. The van der Waals surface area contributed by atoms with Gasteiger partial charge in [-0.1, -0.05) is 0 Å². The van der Waals surface area contributed by atoms with Gasteiger partial charge >= 0.3 is 0 Å². The molecule has 2 aromatic rings. The minimum absolute atomic E-state index is 0.110. The molecule has 3 heterocycles. The van der Waals surface area contributed by atoms with Crippen molar-refractivity contribution in [3.63, 3.8) is 0 Å². The number of imide groups is 1. The highest BCUT2D eigenvalue weighted by Crippen LogP contribution is 2.34. The summed E-state index contributed by atoms with van der Waals surface area (Å²) in [6, 6.07) is 7.73. The maximum atomic E-state index is 13.1. The highest BCUT2D eigenvalue weighted by atomic mass is 16.5. The van der Waals surface area contributed by atoms with Gasteiger partial charge in [0.25, 0.3) is 11.8 Å². The van der Waals surface area contributed by atoms with Gasteiger partial charge in [-0.05, 0) is 24.3 Å². The second kappa shape index (κ2) is 8.19. The fourth-order valence-corrected chi connectivity index (χ4v) is 3.93. The molecule has 1 aromatic heterocycles. The smallest absolute Gasteiger partial charge is 0.289 e. The summed E-state index contributed by atoms with van der Waals surface area (Å²) in [4.78, 5) is 43.0. The molecule has 30 heavy (non-hydrogen) atoms. The standard InChI is InChI=1S/C21H23N3O6/c1-28-16-6-5-14(12-18(16)29-2)24-19(25)13-15(20(24)26)22-7-9-23(10-8-22)21(27)17-4-3-11-30-17/h3-6,11-12,15H,7-10,13H2,1-2H3/t15-/m0/s1. The van der Waals surface area contributed by atoms with Gasteiger partial charge in [0.1, 0.15) is 0 Å². The van der Waals surface area contributed by atoms with E-state index in [1.54, 1.807) is 35.2 Å². The zero-order chi connectivity index (χ0) is 21.3. The predicted octanol–water partition coefficient (Wildman–Crippen LogP) is 1.39. The Morgan fingerprint density at radius 2 is 1.77 bits per heavy atom. The number of hydrogen-bond acceptors (Lipinski definition) is 7. The van der Waals surface area contributed by atoms with Crippen molar-refractivity contribution < 1.29 is 28.3 Å². The Hall–Kier alpha value is -3.33. The monoisotopic (exact) mass is 413 g/mol. The number of carbonyl (C=O) groups is 3. The van der Waals surface area contributed by atoms with Crippen LogP contribution in [0.1, 0.15) is 17.0 Å². The average Bonchev–Trinajstić information content (AvgIpc) is 3.41. The summed E-state index contributed by atoms with van der Waals surface area (Å²) in [5.41, 5.74) is 0.455. The maximum absolute atomic E-state index is 13.1. The van der Waals surface area contributed by atoms with Crippen molar-refractivity contribution in [2.24, 2.45) is 0 Å². The Bertz CT molecular complexity index is 950. The minimum atomic E-state index is -0.536. The number of anilines is 1. The van der Waals surface area contributed by atoms with Crippen molar-refractivity contribution in [3.05, 3.63) is 42.4 Å². The summed E-state index contributed by atoms with van der Waals surface area (Å²) >= 11 is 0. The fourth-order valence-electron chi connectivity index (χ4n) is 3.93. The van der Waals surface area contributed by atoms with E-state index >= 15 is 0 Å². The van der Waals surface area contributed by atoms with Crippen LogP contribution in [0.2, 0.25) is 0 Å². The lowest BCUT2D eigenvalue weighted by atomic mass is 10.1. The van der Waals surface area contributed by atoms with Crippen LogP contribution in [-0.2, 0) is 9.59 Å². The highest BCUT2D eigenvalue weighted by Gasteiger charge is 2.44. The number of methoxy groups -OCH3 is 2. The van der Waals surface area contributed by atoms with Crippen LogP contribution in [0.3, 0.4) is 0 Å². The zero-order valence-corrected chi connectivity index (χ0v) is 16.9. The molecule has 158 valence electrons. The number of carbonyl (C=O) groups excluding carboxylic acids is 3. The number of ether oxygens (including phenoxy) is 2. The second-order valence-corrected chi connectivity index (χ2v) is 7.13. The van der Waals surface area contributed by atoms with E-state index in [-0.39, 0.29) is 24.1 Å². The molecule has 0 radical (unpaired) electrons. The lowest BCUT2D eigenvalue weighted by Gasteiger charge is -2.36. The van der Waals surface area contributed by atoms with E-state index in [4.69, 9.17) is 13.9 Å². The number of amides is 3. The van der Waals surface area contributed by atoms with Crippen molar-refractivity contribution >= 4 is 23.4 Å². The van der Waals surface area contributed by atoms with Gasteiger partial charge < -0.3 is 18.8 Å². The molecule has 0 N–H and O–H groups in total. The summed E-state index contributed by atoms with van der Waals surface area (Å²) in [6.07, 6.45) is 1.58. The summed E-state index contributed by atoms with van der Waals surface area (Å²) in [5.74, 6) is 0.582. The molecule has 0 unspecified atom stereocenters. The van der Waals surface area contributed by atoms with Gasteiger partial charge in [0.05, 0.1) is 38.6 Å². The van der Waals surface area contributed by atoms with E-state index in [1.807, 2.05) is 4.90 Å². The molecule has 9 nitrogen and oxygen atoms in total. The normalized spacial score (nSPS) is 20.0. The van der Waals surface area contributed by atoms with Crippen LogP contribution in [0, 0.1) is 0 Å². The third-order valence-corrected chi connectivity index (χ3v) is 5.52. The van der Waals surface area contributed by atoms with Gasteiger partial charge in [-0.2, -0.15) is 0 Å². The fraction of sp³-hybridized carbons (Fsp3) is 0.381. The first-order valence-electron chi connectivity index (χ1n) is 9.69. The van der Waals surface area contributed by atoms with Crippen molar-refractivity contribution in [3.8, 4) is 11.5 Å². The molecule has 0 bridgehead atoms. The summed E-state index contributed by atoms with van der Waals surface area (Å²) < 4.78 is 15.7. The van der Waals surface area contributed by atoms with E-state index in [0.717, 1.165) is 0 Å². The number of piperazine rings is 1. The van der Waals surface area contributed by atoms with Crippen molar-refractivity contribution in [2.45, 2.75) is 12.5 Å². The molecular formula is C21H23N3O6. The van der Waals surface area contributed by atoms with E-state index < -0.39 is 6.04 Å². The molecule has 2 aliphatic rings. The van der Waals surface area contributed by atoms with Crippen LogP contribution >= 0.6 is 0 Å². The molecule has 3 amide bonds. The summed E-state index contributed by atoms with van der Waals surface area (Å²) in [5, 5.41) is 0. The highest BCUT2D eigenvalue weighted by molar-refractivity contribution is 6.22. The van der Waals surface area contributed by atoms with Crippen LogP contribution < -0.4 is 14.4 Å². The Labute approximate surface area is 173 Å². The lowest BCUT2D eigenvalue weighted by Crippen LogP contribution is -2.53. The third-order valence-electron chi connectivity index (χ3n) is 5.52. The minimum Gasteiger partial charge on any atom is -0.493 e. The first kappa shape index (κ1) is 20.0. The quantitative estimate of drug-likeness (QED) is 0.684. The van der Waals surface area contributed by atoms with Crippen LogP contribution in [0.5, 0.6) is 11.5 Å². The van der Waals surface area contributed by atoms with Crippen LogP contribution in [0.4, 0.5) is 5.69 Å². The van der Waals surface area contributed by atoms with Crippen LogP contribution in [0.25, 0.3) is 0 Å². The second-order valence-electron chi connectivity index (χ2n) is 7.13. The Morgan fingerprint density at radius 3 is 2.40 bits per heavy atom. The number of rotatable bonds is 5. The molecule has 4 rings (SSSR count). The molecule has 2 saturated heterocycles. The number of benzene rings is 1. The maximum Gasteiger partial charge on any atom is 0.289 e. The molecule has 2 fully saturated rings. The largest absolute Gasteiger partial charge is 0.493 e. The van der Waals surface area contributed by atoms with Gasteiger partial charge in [-0.25, -0.2) is 4.90 Å². The third kappa shape index (κ3) is 3.52. The van der Waals surface area contributed by atoms with E-state index in [1.165, 1.54) is 25.4 Å². The van der Waals surface area contributed by atoms with Crippen LogP contribution in [-0.4, -0.2) is 74.0 Å². The molecule has 1 aromatic carbocycles. The van der Waals surface area contributed by atoms with Gasteiger partial charge in [-0.3, -0.25) is 19.3 Å². The molecule has 0 spiro atoms. The van der Waals surface area contributed by atoms with E-state index in [9.17, 15) is 14.4 Å². The van der Waals surface area contributed by atoms with Gasteiger partial charge in [-0.15, -0.1) is 0 Å². The molecule has 0 saturated carbocycles. The number of furan rings is 1. The lowest BCUT2D eigenvalue weighted by molar-refractivity contribution is -0.123. The van der Waals surface area contributed by atoms with E-state index in [0.29, 0.717) is 49.1 Å². The Balaban J connectivity index is 1.44. The molecule has 2 aliphatic heterocycles. The van der Waals surface area contributed by atoms with Crippen molar-refractivity contribution in [2.75, 3.05) is 45.3 Å². The number of nitrogens with zero attached hydrogens (tertiary/aromatic N) is 3. The zero-order valence-electron chi connectivity index (χ0n) is 16.9. The molecular weight excluding hydrogens is 390 g/mol. The van der Waals surface area contributed by atoms with E-state index in [2.05, 4.69) is 0 Å². The Morgan fingerprint density at radius 1 is 1.03 bits per heavy atom. The summed E-state index contributed by atoms with van der Waals surface area (Å²) in [6.45, 7) is 1.95. The van der Waals surface area contributed by atoms with Gasteiger partial charge in [0.15, 0.2) is 17.3 Å². The SMILES string of the molecule is COc1ccc(N2C(=O)C[C@H](N3CCN(C(=O)c4ccco4)CC3)C2=O)cc1OC. The van der Waals surface area contributed by atoms with Crippen LogP contribution in [0.15, 0.2) is 41.0 Å². The topological polar surface area (TPSA) is 92.5 Å². The first-order chi connectivity index (χ1) is 14.5. The van der Waals surface area contributed by atoms with Crippen molar-refractivity contribution in [1.29, 1.82) is 0 Å². The van der Waals surface area contributed by atoms with Gasteiger partial charge in [0.2, 0.25) is 5.91 Å².